The molecule has 0 radical (unpaired) electrons. The first kappa shape index (κ1) is 10.7. The van der Waals surface area contributed by atoms with Crippen molar-refractivity contribution in [1.29, 1.82) is 0 Å². The molecule has 82 valence electrons. The Labute approximate surface area is 91.3 Å². The molecule has 0 spiro atoms. The van der Waals surface area contributed by atoms with Crippen LogP contribution < -0.4 is 5.32 Å². The molecule has 0 unspecified atom stereocenters. The van der Waals surface area contributed by atoms with Gasteiger partial charge >= 0.3 is 0 Å². The highest BCUT2D eigenvalue weighted by atomic mass is 16.3. The zero-order valence-electron chi connectivity index (χ0n) is 9.24. The molecule has 2 heteroatoms. The number of hydrogen-bond acceptors (Lipinski definition) is 2. The van der Waals surface area contributed by atoms with Crippen LogP contribution in [-0.2, 0) is 5.60 Å². The smallest absolute Gasteiger partial charge is 0.105 e. The van der Waals surface area contributed by atoms with E-state index < -0.39 is 5.60 Å². The molecule has 1 aromatic rings. The monoisotopic (exact) mass is 205 g/mol. The van der Waals surface area contributed by atoms with Crippen molar-refractivity contribution >= 4 is 0 Å². The molecule has 0 aromatic heterocycles. The standard InChI is InChI=1S/C13H19NO/c1-2-13(15,12-9-6-10-14-12)11-7-4-3-5-8-11/h3-5,7-8,12,14-15H,2,6,9-10H2,1H3/t12-,13+/m1/s1. The van der Waals surface area contributed by atoms with Gasteiger partial charge in [-0.2, -0.15) is 0 Å². The third-order valence-corrected chi connectivity index (χ3v) is 3.45. The highest BCUT2D eigenvalue weighted by Crippen LogP contribution is 2.32. The maximum atomic E-state index is 10.7. The Balaban J connectivity index is 2.28. The molecule has 0 saturated carbocycles. The zero-order valence-corrected chi connectivity index (χ0v) is 9.24. The minimum atomic E-state index is -0.697. The van der Waals surface area contributed by atoms with Crippen molar-refractivity contribution in [3.05, 3.63) is 35.9 Å². The maximum Gasteiger partial charge on any atom is 0.105 e. The maximum absolute atomic E-state index is 10.7. The second-order valence-electron chi connectivity index (χ2n) is 4.29. The van der Waals surface area contributed by atoms with E-state index in [9.17, 15) is 5.11 Å². The van der Waals surface area contributed by atoms with E-state index in [4.69, 9.17) is 0 Å². The SMILES string of the molecule is CC[C@](O)(c1ccccc1)[C@H]1CCCN1. The summed E-state index contributed by atoms with van der Waals surface area (Å²) in [5.74, 6) is 0. The molecule has 1 fully saturated rings. The normalized spacial score (nSPS) is 25.1. The summed E-state index contributed by atoms with van der Waals surface area (Å²) in [6, 6.07) is 10.2. The molecule has 1 heterocycles. The molecular weight excluding hydrogens is 186 g/mol. The largest absolute Gasteiger partial charge is 0.384 e. The molecule has 2 rings (SSSR count). The number of hydrogen-bond donors (Lipinski definition) is 2. The van der Waals surface area contributed by atoms with Gasteiger partial charge in [0.2, 0.25) is 0 Å². The molecular formula is C13H19NO. The summed E-state index contributed by atoms with van der Waals surface area (Å²) in [7, 11) is 0. The second-order valence-corrected chi connectivity index (χ2v) is 4.29. The minimum Gasteiger partial charge on any atom is -0.384 e. The summed E-state index contributed by atoms with van der Waals surface area (Å²) >= 11 is 0. The van der Waals surface area contributed by atoms with Crippen LogP contribution in [-0.4, -0.2) is 17.7 Å². The highest BCUT2D eigenvalue weighted by molar-refractivity contribution is 5.24. The molecule has 1 saturated heterocycles. The quantitative estimate of drug-likeness (QED) is 0.791. The Morgan fingerprint density at radius 3 is 2.67 bits per heavy atom. The lowest BCUT2D eigenvalue weighted by molar-refractivity contribution is -0.00117. The van der Waals surface area contributed by atoms with Crippen LogP contribution in [0.15, 0.2) is 30.3 Å². The van der Waals surface area contributed by atoms with Crippen molar-refractivity contribution in [3.63, 3.8) is 0 Å². The first-order valence-corrected chi connectivity index (χ1v) is 5.78. The Morgan fingerprint density at radius 2 is 2.13 bits per heavy atom. The molecule has 15 heavy (non-hydrogen) atoms. The first-order valence-electron chi connectivity index (χ1n) is 5.78. The van der Waals surface area contributed by atoms with E-state index >= 15 is 0 Å². The third kappa shape index (κ3) is 1.92. The highest BCUT2D eigenvalue weighted by Gasteiger charge is 2.37. The van der Waals surface area contributed by atoms with Crippen LogP contribution in [0.3, 0.4) is 0 Å². The first-order chi connectivity index (χ1) is 7.27. The van der Waals surface area contributed by atoms with Gasteiger partial charge in [0.25, 0.3) is 0 Å². The van der Waals surface area contributed by atoms with Gasteiger partial charge in [0.05, 0.1) is 0 Å². The van der Waals surface area contributed by atoms with Crippen molar-refractivity contribution in [1.82, 2.24) is 5.32 Å². The van der Waals surface area contributed by atoms with E-state index in [-0.39, 0.29) is 6.04 Å². The second kappa shape index (κ2) is 4.33. The van der Waals surface area contributed by atoms with Crippen LogP contribution in [0, 0.1) is 0 Å². The van der Waals surface area contributed by atoms with E-state index in [1.54, 1.807) is 0 Å². The summed E-state index contributed by atoms with van der Waals surface area (Å²) in [5, 5.41) is 14.1. The molecule has 1 aromatic carbocycles. The van der Waals surface area contributed by atoms with Crippen molar-refractivity contribution in [2.24, 2.45) is 0 Å². The molecule has 0 bridgehead atoms. The van der Waals surface area contributed by atoms with Crippen LogP contribution in [0.4, 0.5) is 0 Å². The zero-order chi connectivity index (χ0) is 10.7. The van der Waals surface area contributed by atoms with E-state index in [1.165, 1.54) is 6.42 Å². The van der Waals surface area contributed by atoms with E-state index in [2.05, 4.69) is 5.32 Å². The summed E-state index contributed by atoms with van der Waals surface area (Å²) in [6.45, 7) is 3.08. The lowest BCUT2D eigenvalue weighted by atomic mass is 9.83. The van der Waals surface area contributed by atoms with Crippen molar-refractivity contribution in [2.45, 2.75) is 37.8 Å². The van der Waals surface area contributed by atoms with Gasteiger partial charge in [0.15, 0.2) is 0 Å². The Morgan fingerprint density at radius 1 is 1.40 bits per heavy atom. The van der Waals surface area contributed by atoms with Crippen LogP contribution in [0.5, 0.6) is 0 Å². The number of aliphatic hydroxyl groups is 1. The molecule has 2 nitrogen and oxygen atoms in total. The molecule has 1 aliphatic heterocycles. The van der Waals surface area contributed by atoms with E-state index in [1.807, 2.05) is 37.3 Å². The predicted octanol–water partition coefficient (Wildman–Crippen LogP) is 2.04. The Bertz CT molecular complexity index is 306. The van der Waals surface area contributed by atoms with Crippen LogP contribution in [0.2, 0.25) is 0 Å². The van der Waals surface area contributed by atoms with Gasteiger partial charge in [-0.05, 0) is 31.4 Å². The molecule has 1 aliphatic rings. The van der Waals surface area contributed by atoms with Gasteiger partial charge in [0, 0.05) is 6.04 Å². The van der Waals surface area contributed by atoms with Crippen LogP contribution in [0.25, 0.3) is 0 Å². The molecule has 2 N–H and O–H groups in total. The lowest BCUT2D eigenvalue weighted by Gasteiger charge is -2.33. The number of nitrogens with one attached hydrogen (secondary N) is 1. The fourth-order valence-corrected chi connectivity index (χ4v) is 2.47. The fourth-order valence-electron chi connectivity index (χ4n) is 2.47. The van der Waals surface area contributed by atoms with Crippen molar-refractivity contribution in [2.75, 3.05) is 6.54 Å². The van der Waals surface area contributed by atoms with Gasteiger partial charge in [-0.15, -0.1) is 0 Å². The predicted molar refractivity (Wildman–Crippen MR) is 61.7 cm³/mol. The topological polar surface area (TPSA) is 32.3 Å². The summed E-state index contributed by atoms with van der Waals surface area (Å²) in [6.07, 6.45) is 2.99. The molecule has 2 atom stereocenters. The van der Waals surface area contributed by atoms with E-state index in [0.717, 1.165) is 24.9 Å². The number of benzene rings is 1. The van der Waals surface area contributed by atoms with Crippen molar-refractivity contribution in [3.8, 4) is 0 Å². The molecule has 0 amide bonds. The van der Waals surface area contributed by atoms with Gasteiger partial charge in [0.1, 0.15) is 5.60 Å². The summed E-state index contributed by atoms with van der Waals surface area (Å²) in [5.41, 5.74) is 0.338. The van der Waals surface area contributed by atoms with Gasteiger partial charge < -0.3 is 10.4 Å². The van der Waals surface area contributed by atoms with Crippen molar-refractivity contribution < 1.29 is 5.11 Å². The van der Waals surface area contributed by atoms with Crippen LogP contribution in [0.1, 0.15) is 31.7 Å². The summed E-state index contributed by atoms with van der Waals surface area (Å²) in [4.78, 5) is 0. The van der Waals surface area contributed by atoms with Crippen LogP contribution >= 0.6 is 0 Å². The Hall–Kier alpha value is -0.860. The lowest BCUT2D eigenvalue weighted by Crippen LogP contribution is -2.44. The molecule has 0 aliphatic carbocycles. The Kier molecular flexibility index (Phi) is 3.08. The average Bonchev–Trinajstić information content (AvgIpc) is 2.83. The van der Waals surface area contributed by atoms with Gasteiger partial charge in [-0.3, -0.25) is 0 Å². The van der Waals surface area contributed by atoms with Gasteiger partial charge in [-0.25, -0.2) is 0 Å². The minimum absolute atomic E-state index is 0.213. The van der Waals surface area contributed by atoms with Gasteiger partial charge in [-0.1, -0.05) is 37.3 Å². The van der Waals surface area contributed by atoms with E-state index in [0.29, 0.717) is 0 Å². The fraction of sp³-hybridized carbons (Fsp3) is 0.538. The average molecular weight is 205 g/mol. The number of rotatable bonds is 3. The summed E-state index contributed by atoms with van der Waals surface area (Å²) < 4.78 is 0. The third-order valence-electron chi connectivity index (χ3n) is 3.45.